The Kier molecular flexibility index (Phi) is 5.93. The number of nitrogens with one attached hydrogen (secondary N) is 3. The summed E-state index contributed by atoms with van der Waals surface area (Å²) >= 11 is 0. The van der Waals surface area contributed by atoms with E-state index in [2.05, 4.69) is 10.6 Å². The molecule has 5 nitrogen and oxygen atoms in total. The molecular weight excluding hydrogens is 342 g/mol. The van der Waals surface area contributed by atoms with Crippen molar-refractivity contribution in [2.24, 2.45) is 0 Å². The summed E-state index contributed by atoms with van der Waals surface area (Å²) < 4.78 is 52.2. The third-order valence-corrected chi connectivity index (χ3v) is 3.06. The zero-order valence-corrected chi connectivity index (χ0v) is 12.7. The zero-order valence-electron chi connectivity index (χ0n) is 12.7. The Morgan fingerprint density at radius 3 is 2.40 bits per heavy atom. The smallest absolute Gasteiger partial charge is 0.315 e. The molecule has 0 aliphatic heterocycles. The summed E-state index contributed by atoms with van der Waals surface area (Å²) in [5, 5.41) is 6.58. The number of amides is 3. The molecule has 0 atom stereocenters. The number of carbonyl (C=O) groups is 2. The van der Waals surface area contributed by atoms with Crippen LogP contribution in [0.1, 0.15) is 5.56 Å². The molecule has 0 radical (unpaired) electrons. The predicted molar refractivity (Wildman–Crippen MR) is 81.6 cm³/mol. The second-order valence-electron chi connectivity index (χ2n) is 4.94. The minimum Gasteiger partial charge on any atom is -0.334 e. The fourth-order valence-electron chi connectivity index (χ4n) is 1.87. The van der Waals surface area contributed by atoms with E-state index >= 15 is 0 Å². The number of anilines is 1. The molecule has 0 saturated heterocycles. The van der Waals surface area contributed by atoms with Gasteiger partial charge in [-0.2, -0.15) is 0 Å². The zero-order chi connectivity index (χ0) is 18.4. The second kappa shape index (κ2) is 8.13. The lowest BCUT2D eigenvalue weighted by molar-refractivity contribution is -0.115. The number of urea groups is 1. The van der Waals surface area contributed by atoms with E-state index in [1.54, 1.807) is 6.07 Å². The fraction of sp³-hybridized carbons (Fsp3) is 0.125. The highest BCUT2D eigenvalue weighted by molar-refractivity contribution is 5.94. The van der Waals surface area contributed by atoms with Crippen LogP contribution in [0.15, 0.2) is 36.4 Å². The summed E-state index contributed by atoms with van der Waals surface area (Å²) in [7, 11) is 0. The van der Waals surface area contributed by atoms with E-state index in [9.17, 15) is 27.2 Å². The Bertz CT molecular complexity index is 799. The topological polar surface area (TPSA) is 70.2 Å². The van der Waals surface area contributed by atoms with Gasteiger partial charge < -0.3 is 16.0 Å². The monoisotopic (exact) mass is 355 g/mol. The Labute approximate surface area is 140 Å². The average molecular weight is 355 g/mol. The molecule has 2 aromatic rings. The van der Waals surface area contributed by atoms with E-state index in [1.165, 1.54) is 18.2 Å². The summed E-state index contributed by atoms with van der Waals surface area (Å²) in [5.74, 6) is -5.92. The summed E-state index contributed by atoms with van der Waals surface area (Å²) in [6.45, 7) is -0.504. The lowest BCUT2D eigenvalue weighted by Crippen LogP contribution is -2.39. The lowest BCUT2D eigenvalue weighted by atomic mass is 10.2. The summed E-state index contributed by atoms with van der Waals surface area (Å²) in [6, 6.07) is 6.37. The highest BCUT2D eigenvalue weighted by atomic mass is 19.2. The molecule has 0 fully saturated rings. The van der Waals surface area contributed by atoms with Gasteiger partial charge in [-0.3, -0.25) is 4.79 Å². The van der Waals surface area contributed by atoms with Crippen LogP contribution in [0.2, 0.25) is 0 Å². The maximum Gasteiger partial charge on any atom is 0.315 e. The minimum absolute atomic E-state index is 0.0308. The van der Waals surface area contributed by atoms with Crippen molar-refractivity contribution in [3.8, 4) is 0 Å². The van der Waals surface area contributed by atoms with Crippen LogP contribution in [-0.2, 0) is 11.3 Å². The first-order valence-electron chi connectivity index (χ1n) is 7.06. The molecule has 0 spiro atoms. The summed E-state index contributed by atoms with van der Waals surface area (Å²) in [4.78, 5) is 23.1. The van der Waals surface area contributed by atoms with Crippen molar-refractivity contribution in [1.82, 2.24) is 10.6 Å². The van der Waals surface area contributed by atoms with Crippen molar-refractivity contribution in [2.45, 2.75) is 6.54 Å². The van der Waals surface area contributed by atoms with Crippen LogP contribution in [0.5, 0.6) is 0 Å². The van der Waals surface area contributed by atoms with E-state index in [4.69, 9.17) is 0 Å². The number of carbonyl (C=O) groups excluding carboxylic acids is 2. The van der Waals surface area contributed by atoms with Crippen LogP contribution in [-0.4, -0.2) is 18.5 Å². The molecule has 0 saturated carbocycles. The largest absolute Gasteiger partial charge is 0.334 e. The molecule has 3 amide bonds. The van der Waals surface area contributed by atoms with Crippen molar-refractivity contribution in [3.63, 3.8) is 0 Å². The van der Waals surface area contributed by atoms with Crippen LogP contribution >= 0.6 is 0 Å². The molecule has 0 aliphatic rings. The molecule has 2 rings (SSSR count). The third kappa shape index (κ3) is 5.20. The minimum atomic E-state index is -1.71. The summed E-state index contributed by atoms with van der Waals surface area (Å²) in [5.41, 5.74) is -0.0330. The van der Waals surface area contributed by atoms with E-state index in [0.29, 0.717) is 11.6 Å². The van der Waals surface area contributed by atoms with Gasteiger partial charge in [0, 0.05) is 6.54 Å². The first-order valence-corrected chi connectivity index (χ1v) is 7.06. The van der Waals surface area contributed by atoms with Crippen LogP contribution in [0.4, 0.5) is 28.0 Å². The Morgan fingerprint density at radius 2 is 1.68 bits per heavy atom. The van der Waals surface area contributed by atoms with E-state index in [1.807, 2.05) is 5.32 Å². The Morgan fingerprint density at radius 1 is 0.920 bits per heavy atom. The van der Waals surface area contributed by atoms with Gasteiger partial charge in [0.2, 0.25) is 5.91 Å². The summed E-state index contributed by atoms with van der Waals surface area (Å²) in [6.07, 6.45) is 0. The molecule has 0 heterocycles. The van der Waals surface area contributed by atoms with Crippen molar-refractivity contribution in [1.29, 1.82) is 0 Å². The molecule has 9 heteroatoms. The van der Waals surface area contributed by atoms with Gasteiger partial charge in [-0.15, -0.1) is 0 Å². The molecule has 0 aromatic heterocycles. The standard InChI is InChI=1S/C16H13F4N3O2/c17-10-3-1-2-9(6-10)7-21-16(25)22-8-13(24)23-12-5-4-11(18)14(19)15(12)20/h1-6H,7-8H2,(H,23,24)(H2,21,22,25). The number of halogens is 4. The quantitative estimate of drug-likeness (QED) is 0.570. The van der Waals surface area contributed by atoms with Crippen LogP contribution < -0.4 is 16.0 Å². The highest BCUT2D eigenvalue weighted by Crippen LogP contribution is 2.19. The molecule has 0 bridgehead atoms. The Hall–Kier alpha value is -3.10. The van der Waals surface area contributed by atoms with Gasteiger partial charge in [-0.1, -0.05) is 12.1 Å². The molecule has 132 valence electrons. The molecule has 2 aromatic carbocycles. The molecule has 3 N–H and O–H groups in total. The molecule has 0 unspecified atom stereocenters. The van der Waals surface area contributed by atoms with Gasteiger partial charge in [0.1, 0.15) is 5.82 Å². The van der Waals surface area contributed by atoms with Crippen molar-refractivity contribution >= 4 is 17.6 Å². The van der Waals surface area contributed by atoms with Gasteiger partial charge in [0.15, 0.2) is 17.5 Å². The second-order valence-corrected chi connectivity index (χ2v) is 4.94. The van der Waals surface area contributed by atoms with Crippen molar-refractivity contribution in [3.05, 3.63) is 65.2 Å². The van der Waals surface area contributed by atoms with E-state index in [-0.39, 0.29) is 6.54 Å². The number of hydrogen-bond donors (Lipinski definition) is 3. The SMILES string of the molecule is O=C(CNC(=O)NCc1cccc(F)c1)Nc1ccc(F)c(F)c1F. The third-order valence-electron chi connectivity index (χ3n) is 3.06. The van der Waals surface area contributed by atoms with E-state index in [0.717, 1.165) is 6.07 Å². The lowest BCUT2D eigenvalue weighted by Gasteiger charge is -2.09. The van der Waals surface area contributed by atoms with Gasteiger partial charge in [-0.05, 0) is 29.8 Å². The van der Waals surface area contributed by atoms with Crippen molar-refractivity contribution < 1.29 is 27.2 Å². The number of hydrogen-bond acceptors (Lipinski definition) is 2. The first-order chi connectivity index (χ1) is 11.9. The van der Waals surface area contributed by atoms with Gasteiger partial charge in [0.25, 0.3) is 0 Å². The Balaban J connectivity index is 1.80. The fourth-order valence-corrected chi connectivity index (χ4v) is 1.87. The normalized spacial score (nSPS) is 10.2. The molecule has 0 aliphatic carbocycles. The van der Waals surface area contributed by atoms with E-state index < -0.39 is 47.4 Å². The maximum atomic E-state index is 13.4. The highest BCUT2D eigenvalue weighted by Gasteiger charge is 2.15. The molecule has 25 heavy (non-hydrogen) atoms. The number of benzene rings is 2. The molecular formula is C16H13F4N3O2. The van der Waals surface area contributed by atoms with Crippen molar-refractivity contribution in [2.75, 3.05) is 11.9 Å². The number of rotatable bonds is 5. The van der Waals surface area contributed by atoms with Gasteiger partial charge in [-0.25, -0.2) is 22.4 Å². The first kappa shape index (κ1) is 18.2. The van der Waals surface area contributed by atoms with Crippen LogP contribution in [0, 0.1) is 23.3 Å². The van der Waals surface area contributed by atoms with Gasteiger partial charge in [0.05, 0.1) is 12.2 Å². The average Bonchev–Trinajstić information content (AvgIpc) is 2.59. The van der Waals surface area contributed by atoms with Crippen LogP contribution in [0.25, 0.3) is 0 Å². The predicted octanol–water partition coefficient (Wildman–Crippen LogP) is 2.68. The van der Waals surface area contributed by atoms with Crippen LogP contribution in [0.3, 0.4) is 0 Å². The van der Waals surface area contributed by atoms with Gasteiger partial charge >= 0.3 is 6.03 Å². The maximum absolute atomic E-state index is 13.4.